The average Bonchev–Trinajstić information content (AvgIpc) is 2.76. The Kier molecular flexibility index (Phi) is 4.90. The van der Waals surface area contributed by atoms with Crippen molar-refractivity contribution in [3.05, 3.63) is 18.0 Å². The van der Waals surface area contributed by atoms with Crippen molar-refractivity contribution >= 4 is 5.91 Å². The Morgan fingerprint density at radius 1 is 1.56 bits per heavy atom. The Morgan fingerprint density at radius 2 is 2.17 bits per heavy atom. The molecule has 0 aromatic carbocycles. The van der Waals surface area contributed by atoms with E-state index < -0.39 is 5.60 Å². The van der Waals surface area contributed by atoms with Crippen molar-refractivity contribution in [3.63, 3.8) is 0 Å². The van der Waals surface area contributed by atoms with Crippen LogP contribution in [0.15, 0.2) is 12.4 Å². The number of hydrogen-bond acceptors (Lipinski definition) is 3. The monoisotopic (exact) mass is 253 g/mol. The summed E-state index contributed by atoms with van der Waals surface area (Å²) in [4.78, 5) is 11.8. The van der Waals surface area contributed by atoms with Crippen LogP contribution in [-0.4, -0.2) is 27.3 Å². The van der Waals surface area contributed by atoms with Gasteiger partial charge in [0.25, 0.3) is 0 Å². The second kappa shape index (κ2) is 6.00. The second-order valence-corrected chi connectivity index (χ2v) is 4.91. The van der Waals surface area contributed by atoms with Gasteiger partial charge in [0.05, 0.1) is 12.7 Å². The highest BCUT2D eigenvalue weighted by atomic mass is 16.3. The van der Waals surface area contributed by atoms with Gasteiger partial charge >= 0.3 is 0 Å². The summed E-state index contributed by atoms with van der Waals surface area (Å²) >= 11 is 0. The molecule has 0 aliphatic carbocycles. The minimum absolute atomic E-state index is 0.00386. The van der Waals surface area contributed by atoms with Gasteiger partial charge in [-0.3, -0.25) is 9.48 Å². The highest BCUT2D eigenvalue weighted by Crippen LogP contribution is 2.19. The summed E-state index contributed by atoms with van der Waals surface area (Å²) in [6, 6.07) is 0. The largest absolute Gasteiger partial charge is 0.383 e. The predicted molar refractivity (Wildman–Crippen MR) is 69.9 cm³/mol. The summed E-state index contributed by atoms with van der Waals surface area (Å²) in [5.41, 5.74) is -0.384. The van der Waals surface area contributed by atoms with Gasteiger partial charge in [-0.05, 0) is 19.8 Å². The molecule has 0 aliphatic rings. The van der Waals surface area contributed by atoms with Crippen molar-refractivity contribution in [3.8, 4) is 0 Å². The Labute approximate surface area is 108 Å². The molecule has 2 N–H and O–H groups in total. The molecular weight excluding hydrogens is 230 g/mol. The first kappa shape index (κ1) is 14.7. The summed E-state index contributed by atoms with van der Waals surface area (Å²) in [7, 11) is 1.79. The minimum Gasteiger partial charge on any atom is -0.383 e. The van der Waals surface area contributed by atoms with Crippen LogP contribution in [0.3, 0.4) is 0 Å². The van der Waals surface area contributed by atoms with E-state index in [0.717, 1.165) is 12.8 Å². The van der Waals surface area contributed by atoms with Gasteiger partial charge in [-0.1, -0.05) is 13.8 Å². The molecule has 0 radical (unpaired) electrons. The third kappa shape index (κ3) is 3.57. The zero-order valence-corrected chi connectivity index (χ0v) is 11.6. The number of aromatic nitrogens is 2. The van der Waals surface area contributed by atoms with E-state index in [4.69, 9.17) is 0 Å². The van der Waals surface area contributed by atoms with Crippen molar-refractivity contribution in [1.82, 2.24) is 15.1 Å². The molecule has 0 spiro atoms. The fourth-order valence-electron chi connectivity index (χ4n) is 1.86. The third-order valence-corrected chi connectivity index (χ3v) is 3.29. The van der Waals surface area contributed by atoms with Gasteiger partial charge in [-0.2, -0.15) is 5.10 Å². The molecule has 0 aliphatic heterocycles. The number of hydrogen-bond donors (Lipinski definition) is 2. The molecule has 1 aromatic rings. The molecule has 0 fully saturated rings. The van der Waals surface area contributed by atoms with Gasteiger partial charge in [-0.15, -0.1) is 0 Å². The van der Waals surface area contributed by atoms with Crippen LogP contribution in [0, 0.1) is 5.92 Å². The zero-order chi connectivity index (χ0) is 13.8. The molecule has 1 unspecified atom stereocenters. The van der Waals surface area contributed by atoms with E-state index in [0.29, 0.717) is 5.56 Å². The van der Waals surface area contributed by atoms with Crippen molar-refractivity contribution in [2.45, 2.75) is 39.2 Å². The third-order valence-electron chi connectivity index (χ3n) is 3.29. The standard InChI is InChI=1S/C13H23N3O2/c1-5-10(6-2)12(17)14-9-13(3,18)11-7-15-16(4)8-11/h7-8,10,18H,5-6,9H2,1-4H3,(H,14,17). The number of aliphatic hydroxyl groups is 1. The van der Waals surface area contributed by atoms with Crippen molar-refractivity contribution in [1.29, 1.82) is 0 Å². The quantitative estimate of drug-likeness (QED) is 0.800. The number of nitrogens with one attached hydrogen (secondary N) is 1. The number of rotatable bonds is 6. The summed E-state index contributed by atoms with van der Waals surface area (Å²) in [5.74, 6) is 0.0267. The van der Waals surface area contributed by atoms with E-state index in [9.17, 15) is 9.90 Å². The van der Waals surface area contributed by atoms with Crippen LogP contribution in [-0.2, 0) is 17.4 Å². The van der Waals surface area contributed by atoms with Gasteiger partial charge in [0.1, 0.15) is 5.60 Å². The van der Waals surface area contributed by atoms with Crippen LogP contribution < -0.4 is 5.32 Å². The van der Waals surface area contributed by atoms with E-state index in [1.165, 1.54) is 0 Å². The summed E-state index contributed by atoms with van der Waals surface area (Å²) in [6.07, 6.45) is 5.00. The lowest BCUT2D eigenvalue weighted by atomic mass is 9.98. The molecule has 102 valence electrons. The van der Waals surface area contributed by atoms with Gasteiger partial charge in [0, 0.05) is 24.7 Å². The first-order valence-electron chi connectivity index (χ1n) is 6.40. The molecule has 5 heteroatoms. The predicted octanol–water partition coefficient (Wildman–Crippen LogP) is 1.18. The maximum atomic E-state index is 11.8. The molecule has 5 nitrogen and oxygen atoms in total. The molecule has 1 amide bonds. The van der Waals surface area contributed by atoms with Crippen molar-refractivity contribution < 1.29 is 9.90 Å². The number of carbonyl (C=O) groups is 1. The number of carbonyl (C=O) groups excluding carboxylic acids is 1. The highest BCUT2D eigenvalue weighted by Gasteiger charge is 2.26. The number of aryl methyl sites for hydroxylation is 1. The Hall–Kier alpha value is -1.36. The Morgan fingerprint density at radius 3 is 2.61 bits per heavy atom. The van der Waals surface area contributed by atoms with Crippen molar-refractivity contribution in [2.24, 2.45) is 13.0 Å². The lowest BCUT2D eigenvalue weighted by Gasteiger charge is -2.23. The van der Waals surface area contributed by atoms with Crippen LogP contribution in [0.1, 0.15) is 39.2 Å². The average molecular weight is 253 g/mol. The Balaban J connectivity index is 2.59. The molecule has 0 bridgehead atoms. The number of amides is 1. The molecular formula is C13H23N3O2. The fraction of sp³-hybridized carbons (Fsp3) is 0.692. The van der Waals surface area contributed by atoms with E-state index in [-0.39, 0.29) is 18.4 Å². The fourth-order valence-corrected chi connectivity index (χ4v) is 1.86. The van der Waals surface area contributed by atoms with Gasteiger partial charge in [0.2, 0.25) is 5.91 Å². The van der Waals surface area contributed by atoms with E-state index in [1.54, 1.807) is 31.0 Å². The summed E-state index contributed by atoms with van der Waals surface area (Å²) in [5, 5.41) is 17.1. The van der Waals surface area contributed by atoms with Crippen LogP contribution in [0.2, 0.25) is 0 Å². The normalized spacial score (nSPS) is 14.6. The first-order chi connectivity index (χ1) is 8.40. The molecule has 1 heterocycles. The van der Waals surface area contributed by atoms with Crippen LogP contribution in [0.25, 0.3) is 0 Å². The maximum absolute atomic E-state index is 11.8. The van der Waals surface area contributed by atoms with E-state index in [1.807, 2.05) is 13.8 Å². The summed E-state index contributed by atoms with van der Waals surface area (Å²) < 4.78 is 1.63. The van der Waals surface area contributed by atoms with Crippen LogP contribution in [0.4, 0.5) is 0 Å². The van der Waals surface area contributed by atoms with Crippen molar-refractivity contribution in [2.75, 3.05) is 6.54 Å². The lowest BCUT2D eigenvalue weighted by Crippen LogP contribution is -2.40. The molecule has 1 aromatic heterocycles. The van der Waals surface area contributed by atoms with Gasteiger partial charge < -0.3 is 10.4 Å². The minimum atomic E-state index is -1.09. The zero-order valence-electron chi connectivity index (χ0n) is 11.6. The highest BCUT2D eigenvalue weighted by molar-refractivity contribution is 5.78. The second-order valence-electron chi connectivity index (χ2n) is 4.91. The topological polar surface area (TPSA) is 67.2 Å². The lowest BCUT2D eigenvalue weighted by molar-refractivity contribution is -0.126. The van der Waals surface area contributed by atoms with E-state index in [2.05, 4.69) is 10.4 Å². The molecule has 18 heavy (non-hydrogen) atoms. The first-order valence-corrected chi connectivity index (χ1v) is 6.40. The van der Waals surface area contributed by atoms with Crippen LogP contribution >= 0.6 is 0 Å². The molecule has 1 atom stereocenters. The smallest absolute Gasteiger partial charge is 0.223 e. The van der Waals surface area contributed by atoms with Gasteiger partial charge in [0.15, 0.2) is 0 Å². The number of nitrogens with zero attached hydrogens (tertiary/aromatic N) is 2. The molecule has 0 saturated carbocycles. The summed E-state index contributed by atoms with van der Waals surface area (Å²) in [6.45, 7) is 5.87. The Bertz CT molecular complexity index is 395. The van der Waals surface area contributed by atoms with Gasteiger partial charge in [-0.25, -0.2) is 0 Å². The molecule has 1 rings (SSSR count). The molecule has 0 saturated heterocycles. The van der Waals surface area contributed by atoms with E-state index >= 15 is 0 Å². The maximum Gasteiger partial charge on any atom is 0.223 e. The SMILES string of the molecule is CCC(CC)C(=O)NCC(C)(O)c1cnn(C)c1. The van der Waals surface area contributed by atoms with Crippen LogP contribution in [0.5, 0.6) is 0 Å².